The van der Waals surface area contributed by atoms with Crippen molar-refractivity contribution < 1.29 is 34.7 Å². The monoisotopic (exact) mass is 412 g/mol. The lowest BCUT2D eigenvalue weighted by Gasteiger charge is -2.45. The van der Waals surface area contributed by atoms with Gasteiger partial charge in [-0.15, -0.1) is 11.6 Å². The van der Waals surface area contributed by atoms with Gasteiger partial charge in [0.25, 0.3) is 0 Å². The van der Waals surface area contributed by atoms with Crippen LogP contribution in [0.5, 0.6) is 0 Å². The van der Waals surface area contributed by atoms with Gasteiger partial charge in [-0.2, -0.15) is 0 Å². The highest BCUT2D eigenvalue weighted by atomic mass is 35.5. The first-order valence-electron chi connectivity index (χ1n) is 9.41. The lowest BCUT2D eigenvalue weighted by atomic mass is 9.96. The lowest BCUT2D eigenvalue weighted by Crippen LogP contribution is -2.66. The second kappa shape index (κ2) is 12.0. The summed E-state index contributed by atoms with van der Waals surface area (Å²) < 4.78 is 11.0. The summed E-state index contributed by atoms with van der Waals surface area (Å²) in [5.41, 5.74) is 0. The molecule has 0 aliphatic carbocycles. The average Bonchev–Trinajstić information content (AvgIpc) is 2.66. The van der Waals surface area contributed by atoms with E-state index in [0.717, 1.165) is 17.7 Å². The molecular weight excluding hydrogens is 380 g/mol. The molecule has 0 saturated carbocycles. The van der Waals surface area contributed by atoms with E-state index in [4.69, 9.17) is 21.1 Å². The number of aliphatic hydroxyl groups is 4. The van der Waals surface area contributed by atoms with E-state index in [1.165, 1.54) is 0 Å². The van der Waals surface area contributed by atoms with Gasteiger partial charge in [0.2, 0.25) is 0 Å². The van der Waals surface area contributed by atoms with Gasteiger partial charge < -0.3 is 35.2 Å². The third kappa shape index (κ3) is 6.42. The second-order valence-electron chi connectivity index (χ2n) is 6.66. The molecule has 2 unspecified atom stereocenters. The highest BCUT2D eigenvalue weighted by Crippen LogP contribution is 2.27. The number of carbonyl (C=O) groups is 1. The molecule has 1 saturated heterocycles. The third-order valence-electron chi connectivity index (χ3n) is 4.64. The van der Waals surface area contributed by atoms with Crippen molar-refractivity contribution in [3.05, 3.63) is 0 Å². The number of rotatable bonds is 10. The Kier molecular flexibility index (Phi) is 10.8. The van der Waals surface area contributed by atoms with Crippen LogP contribution in [0.4, 0.5) is 4.79 Å². The largest absolute Gasteiger partial charge is 0.387 e. The molecule has 0 bridgehead atoms. The van der Waals surface area contributed by atoms with E-state index in [0.29, 0.717) is 6.42 Å². The van der Waals surface area contributed by atoms with Crippen LogP contribution in [0, 0.1) is 0 Å². The van der Waals surface area contributed by atoms with Crippen molar-refractivity contribution in [2.75, 3.05) is 19.0 Å². The molecule has 1 aliphatic rings. The summed E-state index contributed by atoms with van der Waals surface area (Å²) in [7, 11) is 0. The minimum atomic E-state index is -1.60. The van der Waals surface area contributed by atoms with Gasteiger partial charge in [-0.05, 0) is 19.8 Å². The molecule has 0 radical (unpaired) electrons. The van der Waals surface area contributed by atoms with Crippen LogP contribution >= 0.6 is 11.6 Å². The first-order valence-corrected chi connectivity index (χ1v) is 9.94. The average molecular weight is 413 g/mol. The number of halogens is 1. The van der Waals surface area contributed by atoms with Gasteiger partial charge in [-0.25, -0.2) is 4.79 Å². The normalized spacial score (nSPS) is 30.6. The molecule has 1 rings (SSSR count). The number of aliphatic hydroxyl groups excluding tert-OH is 4. The maximum atomic E-state index is 12.4. The molecule has 27 heavy (non-hydrogen) atoms. The summed E-state index contributed by atoms with van der Waals surface area (Å²) >= 11 is 5.59. The van der Waals surface area contributed by atoms with Crippen LogP contribution in [-0.4, -0.2) is 93.4 Å². The zero-order valence-electron chi connectivity index (χ0n) is 16.1. The van der Waals surface area contributed by atoms with Crippen LogP contribution in [0.2, 0.25) is 0 Å². The summed E-state index contributed by atoms with van der Waals surface area (Å²) in [6.45, 7) is 6.04. The maximum Gasteiger partial charge on any atom is 0.319 e. The molecule has 9 nitrogen and oxygen atoms in total. The standard InChI is InChI=1S/C17H33ClN2O7/c1-4-6-9-26-16-13(23)11(21)12(22)14(27-16)15(24)20(10(3)5-2)17(25)19-8-7-18/h10-16,21-24H,4-9H2,1-3H3,(H,19,25)/t10?,11-,12-,13+,14-,15?,16+/m0/s1. The van der Waals surface area contributed by atoms with Crippen LogP contribution in [-0.2, 0) is 9.47 Å². The lowest BCUT2D eigenvalue weighted by molar-refractivity contribution is -0.319. The van der Waals surface area contributed by atoms with E-state index in [1.54, 1.807) is 6.92 Å². The highest BCUT2D eigenvalue weighted by Gasteiger charge is 2.49. The van der Waals surface area contributed by atoms with E-state index >= 15 is 0 Å². The fraction of sp³-hybridized carbons (Fsp3) is 0.941. The molecule has 0 aromatic rings. The van der Waals surface area contributed by atoms with E-state index in [1.807, 2.05) is 13.8 Å². The Labute approximate surface area is 165 Å². The van der Waals surface area contributed by atoms with E-state index in [2.05, 4.69) is 5.32 Å². The van der Waals surface area contributed by atoms with E-state index < -0.39 is 43.0 Å². The maximum absolute atomic E-state index is 12.4. The minimum absolute atomic E-state index is 0.205. The summed E-state index contributed by atoms with van der Waals surface area (Å²) in [6, 6.07) is -0.952. The van der Waals surface area contributed by atoms with Crippen molar-refractivity contribution in [3.63, 3.8) is 0 Å². The van der Waals surface area contributed by atoms with Gasteiger partial charge in [-0.1, -0.05) is 20.3 Å². The van der Waals surface area contributed by atoms with Gasteiger partial charge in [0.05, 0.1) is 0 Å². The number of unbranched alkanes of at least 4 members (excludes halogenated alkanes) is 1. The van der Waals surface area contributed by atoms with Crippen molar-refractivity contribution in [2.24, 2.45) is 0 Å². The van der Waals surface area contributed by atoms with Gasteiger partial charge in [-0.3, -0.25) is 4.90 Å². The Hall–Kier alpha value is -0.680. The van der Waals surface area contributed by atoms with Gasteiger partial charge >= 0.3 is 6.03 Å². The summed E-state index contributed by atoms with van der Waals surface area (Å²) in [4.78, 5) is 13.6. The molecule has 0 aromatic carbocycles. The number of urea groups is 1. The van der Waals surface area contributed by atoms with Crippen molar-refractivity contribution in [3.8, 4) is 0 Å². The molecule has 1 aliphatic heterocycles. The third-order valence-corrected chi connectivity index (χ3v) is 4.83. The van der Waals surface area contributed by atoms with E-state index in [9.17, 15) is 25.2 Å². The number of alkyl halides is 1. The quantitative estimate of drug-likeness (QED) is 0.193. The zero-order valence-corrected chi connectivity index (χ0v) is 16.9. The van der Waals surface area contributed by atoms with Crippen molar-refractivity contribution >= 4 is 17.6 Å². The molecule has 5 N–H and O–H groups in total. The molecule has 160 valence electrons. The van der Waals surface area contributed by atoms with Crippen LogP contribution in [0.1, 0.15) is 40.0 Å². The summed E-state index contributed by atoms with van der Waals surface area (Å²) in [5, 5.41) is 43.9. The van der Waals surface area contributed by atoms with Crippen LogP contribution in [0.3, 0.4) is 0 Å². The van der Waals surface area contributed by atoms with Gasteiger partial charge in [0.1, 0.15) is 24.4 Å². The SMILES string of the molecule is CCCCO[C@@H]1O[C@H](C(O)N(C(=O)NCCCl)C(C)CC)[C@@H](O)[C@H](O)[C@H]1O. The number of nitrogens with zero attached hydrogens (tertiary/aromatic N) is 1. The molecule has 0 spiro atoms. The molecule has 2 amide bonds. The topological polar surface area (TPSA) is 132 Å². The van der Waals surface area contributed by atoms with Crippen molar-refractivity contribution in [1.29, 1.82) is 0 Å². The molecule has 10 heteroatoms. The van der Waals surface area contributed by atoms with Gasteiger partial charge in [0.15, 0.2) is 12.5 Å². The van der Waals surface area contributed by atoms with Crippen LogP contribution in [0.25, 0.3) is 0 Å². The first-order chi connectivity index (χ1) is 12.8. The van der Waals surface area contributed by atoms with Crippen molar-refractivity contribution in [2.45, 2.75) is 83.0 Å². The Balaban J connectivity index is 2.96. The van der Waals surface area contributed by atoms with Crippen LogP contribution in [0.15, 0.2) is 0 Å². The molecule has 7 atom stereocenters. The number of ether oxygens (including phenoxy) is 2. The summed E-state index contributed by atoms with van der Waals surface area (Å²) in [6.07, 6.45) is -6.68. The molecule has 1 heterocycles. The summed E-state index contributed by atoms with van der Waals surface area (Å²) in [5.74, 6) is 0.205. The second-order valence-corrected chi connectivity index (χ2v) is 7.04. The zero-order chi connectivity index (χ0) is 20.6. The number of amides is 2. The smallest absolute Gasteiger partial charge is 0.319 e. The number of hydrogen-bond acceptors (Lipinski definition) is 7. The molecular formula is C17H33ClN2O7. The number of carbonyl (C=O) groups excluding carboxylic acids is 1. The highest BCUT2D eigenvalue weighted by molar-refractivity contribution is 6.18. The fourth-order valence-corrected chi connectivity index (χ4v) is 2.88. The Bertz CT molecular complexity index is 446. The van der Waals surface area contributed by atoms with E-state index in [-0.39, 0.29) is 25.1 Å². The van der Waals surface area contributed by atoms with Crippen LogP contribution < -0.4 is 5.32 Å². The molecule has 0 aromatic heterocycles. The minimum Gasteiger partial charge on any atom is -0.387 e. The van der Waals surface area contributed by atoms with Crippen molar-refractivity contribution in [1.82, 2.24) is 10.2 Å². The Morgan fingerprint density at radius 3 is 2.48 bits per heavy atom. The Morgan fingerprint density at radius 2 is 1.93 bits per heavy atom. The molecule has 1 fully saturated rings. The number of nitrogens with one attached hydrogen (secondary N) is 1. The Morgan fingerprint density at radius 1 is 1.26 bits per heavy atom. The number of hydrogen-bond donors (Lipinski definition) is 5. The first kappa shape index (κ1) is 24.4. The predicted octanol–water partition coefficient (Wildman–Crippen LogP) is -0.0220. The fourth-order valence-electron chi connectivity index (χ4n) is 2.78. The predicted molar refractivity (Wildman–Crippen MR) is 99.3 cm³/mol. The van der Waals surface area contributed by atoms with Gasteiger partial charge in [0, 0.05) is 25.1 Å².